The highest BCUT2D eigenvalue weighted by Gasteiger charge is 2.31. The molecule has 1 aliphatic heterocycles. The summed E-state index contributed by atoms with van der Waals surface area (Å²) in [5, 5.41) is 0. The molecule has 0 aliphatic carbocycles. The molecule has 0 N–H and O–H groups in total. The van der Waals surface area contributed by atoms with Crippen molar-refractivity contribution in [3.63, 3.8) is 0 Å². The second-order valence-electron chi connectivity index (χ2n) is 3.71. The molecule has 1 aromatic carbocycles. The Bertz CT molecular complexity index is 318. The van der Waals surface area contributed by atoms with Crippen LogP contribution in [0.25, 0.3) is 0 Å². The minimum absolute atomic E-state index is 0.172. The van der Waals surface area contributed by atoms with Gasteiger partial charge >= 0.3 is 0 Å². The van der Waals surface area contributed by atoms with Crippen LogP contribution in [0.5, 0.6) is 0 Å². The molecule has 14 heavy (non-hydrogen) atoms. The molecule has 0 spiro atoms. The smallest absolute Gasteiger partial charge is 0.164 e. The minimum atomic E-state index is -0.225. The van der Waals surface area contributed by atoms with Crippen molar-refractivity contribution in [3.8, 4) is 0 Å². The molecular formula is C12H14O2. The van der Waals surface area contributed by atoms with Crippen molar-refractivity contribution in [1.82, 2.24) is 0 Å². The summed E-state index contributed by atoms with van der Waals surface area (Å²) in [5.74, 6) is 0.410. The molecule has 0 bridgehead atoms. The molecular weight excluding hydrogens is 176 g/mol. The maximum absolute atomic E-state index is 11.5. The van der Waals surface area contributed by atoms with E-state index in [4.69, 9.17) is 4.74 Å². The minimum Gasteiger partial charge on any atom is -0.369 e. The fourth-order valence-electron chi connectivity index (χ4n) is 1.88. The number of carbonyl (C=O) groups is 1. The lowest BCUT2D eigenvalue weighted by Gasteiger charge is -2.17. The number of benzene rings is 1. The van der Waals surface area contributed by atoms with Crippen LogP contribution in [0.15, 0.2) is 30.3 Å². The van der Waals surface area contributed by atoms with Gasteiger partial charge in [-0.25, -0.2) is 0 Å². The van der Waals surface area contributed by atoms with Crippen LogP contribution in [-0.4, -0.2) is 18.5 Å². The van der Waals surface area contributed by atoms with Gasteiger partial charge < -0.3 is 4.74 Å². The molecule has 0 unspecified atom stereocenters. The number of hydrogen-bond donors (Lipinski definition) is 0. The summed E-state index contributed by atoms with van der Waals surface area (Å²) < 4.78 is 5.43. The molecule has 1 aromatic rings. The van der Waals surface area contributed by atoms with Gasteiger partial charge in [0, 0.05) is 12.3 Å². The summed E-state index contributed by atoms with van der Waals surface area (Å²) in [6.07, 6.45) is 0.347. The number of carbonyl (C=O) groups excluding carboxylic acids is 1. The van der Waals surface area contributed by atoms with Crippen molar-refractivity contribution in [2.45, 2.75) is 25.4 Å². The highest BCUT2D eigenvalue weighted by Crippen LogP contribution is 2.25. The van der Waals surface area contributed by atoms with Crippen molar-refractivity contribution in [3.05, 3.63) is 35.9 Å². The molecule has 0 radical (unpaired) electrons. The first-order valence-corrected chi connectivity index (χ1v) is 4.98. The molecule has 2 rings (SSSR count). The van der Waals surface area contributed by atoms with E-state index in [-0.39, 0.29) is 17.8 Å². The van der Waals surface area contributed by atoms with Crippen LogP contribution in [0.3, 0.4) is 0 Å². The Kier molecular flexibility index (Phi) is 2.64. The SMILES string of the molecule is C[C@@H](c1ccccc1)[C@H]1OCCC1=O. The number of ether oxygens (including phenoxy) is 1. The maximum Gasteiger partial charge on any atom is 0.164 e. The second kappa shape index (κ2) is 3.93. The first-order chi connectivity index (χ1) is 6.79. The Labute approximate surface area is 83.9 Å². The Hall–Kier alpha value is -1.15. The third kappa shape index (κ3) is 1.70. The molecule has 2 heteroatoms. The van der Waals surface area contributed by atoms with Gasteiger partial charge in [0.2, 0.25) is 0 Å². The standard InChI is InChI=1S/C12H14O2/c1-9(10-5-3-2-4-6-10)12-11(13)7-8-14-12/h2-6,9,12H,7-8H2,1H3/t9-,12+/m0/s1. The number of hydrogen-bond acceptors (Lipinski definition) is 2. The quantitative estimate of drug-likeness (QED) is 0.714. The largest absolute Gasteiger partial charge is 0.369 e. The van der Waals surface area contributed by atoms with Crippen molar-refractivity contribution in [2.75, 3.05) is 6.61 Å². The molecule has 2 atom stereocenters. The zero-order valence-electron chi connectivity index (χ0n) is 8.27. The molecule has 0 aromatic heterocycles. The van der Waals surface area contributed by atoms with Crippen LogP contribution in [0.4, 0.5) is 0 Å². The monoisotopic (exact) mass is 190 g/mol. The summed E-state index contributed by atoms with van der Waals surface area (Å²) in [6, 6.07) is 10.0. The zero-order chi connectivity index (χ0) is 9.97. The summed E-state index contributed by atoms with van der Waals surface area (Å²) in [5.41, 5.74) is 1.17. The van der Waals surface area contributed by atoms with E-state index in [1.165, 1.54) is 5.56 Å². The Morgan fingerprint density at radius 1 is 1.36 bits per heavy atom. The fraction of sp³-hybridized carbons (Fsp3) is 0.417. The second-order valence-corrected chi connectivity index (χ2v) is 3.71. The predicted octanol–water partition coefficient (Wildman–Crippen LogP) is 2.15. The molecule has 1 saturated heterocycles. The third-order valence-electron chi connectivity index (χ3n) is 2.74. The van der Waals surface area contributed by atoms with Gasteiger partial charge in [0.25, 0.3) is 0 Å². The Balaban J connectivity index is 2.16. The first kappa shape index (κ1) is 9.41. The van der Waals surface area contributed by atoms with Gasteiger partial charge in [0.05, 0.1) is 6.61 Å². The average Bonchev–Trinajstić information content (AvgIpc) is 2.65. The third-order valence-corrected chi connectivity index (χ3v) is 2.74. The molecule has 1 aliphatic rings. The van der Waals surface area contributed by atoms with Gasteiger partial charge in [-0.05, 0) is 5.56 Å². The van der Waals surface area contributed by atoms with Crippen LogP contribution in [0.1, 0.15) is 24.8 Å². The van der Waals surface area contributed by atoms with Gasteiger partial charge in [0.15, 0.2) is 5.78 Å². The normalized spacial score (nSPS) is 23.8. The lowest BCUT2D eigenvalue weighted by molar-refractivity contribution is -0.123. The average molecular weight is 190 g/mol. The molecule has 0 amide bonds. The molecule has 1 heterocycles. The Morgan fingerprint density at radius 2 is 2.07 bits per heavy atom. The van der Waals surface area contributed by atoms with Crippen molar-refractivity contribution < 1.29 is 9.53 Å². The zero-order valence-corrected chi connectivity index (χ0v) is 8.27. The van der Waals surface area contributed by atoms with Crippen LogP contribution in [0.2, 0.25) is 0 Å². The summed E-state index contributed by atoms with van der Waals surface area (Å²) in [4.78, 5) is 11.5. The lowest BCUT2D eigenvalue weighted by Crippen LogP contribution is -2.22. The summed E-state index contributed by atoms with van der Waals surface area (Å²) >= 11 is 0. The first-order valence-electron chi connectivity index (χ1n) is 4.98. The van der Waals surface area contributed by atoms with E-state index in [0.717, 1.165) is 0 Å². The number of rotatable bonds is 2. The number of Topliss-reactive ketones (excluding diaryl/α,β-unsaturated/α-hetero) is 1. The van der Waals surface area contributed by atoms with Crippen molar-refractivity contribution in [1.29, 1.82) is 0 Å². The predicted molar refractivity (Wildman–Crippen MR) is 54.2 cm³/mol. The summed E-state index contributed by atoms with van der Waals surface area (Å²) in [7, 11) is 0. The van der Waals surface area contributed by atoms with E-state index < -0.39 is 0 Å². The van der Waals surface area contributed by atoms with Gasteiger partial charge in [-0.3, -0.25) is 4.79 Å². The van der Waals surface area contributed by atoms with Crippen LogP contribution < -0.4 is 0 Å². The van der Waals surface area contributed by atoms with Gasteiger partial charge in [-0.2, -0.15) is 0 Å². The Morgan fingerprint density at radius 3 is 2.64 bits per heavy atom. The summed E-state index contributed by atoms with van der Waals surface area (Å²) in [6.45, 7) is 2.63. The molecule has 0 saturated carbocycles. The molecule has 74 valence electrons. The van der Waals surface area contributed by atoms with E-state index in [0.29, 0.717) is 13.0 Å². The van der Waals surface area contributed by atoms with E-state index in [9.17, 15) is 4.79 Å². The lowest BCUT2D eigenvalue weighted by atomic mass is 9.93. The fourth-order valence-corrected chi connectivity index (χ4v) is 1.88. The van der Waals surface area contributed by atoms with E-state index in [2.05, 4.69) is 0 Å². The molecule has 2 nitrogen and oxygen atoms in total. The van der Waals surface area contributed by atoms with Gasteiger partial charge in [0.1, 0.15) is 6.10 Å². The van der Waals surface area contributed by atoms with Gasteiger partial charge in [-0.15, -0.1) is 0 Å². The van der Waals surface area contributed by atoms with Crippen molar-refractivity contribution >= 4 is 5.78 Å². The molecule has 1 fully saturated rings. The van der Waals surface area contributed by atoms with Crippen LogP contribution in [0, 0.1) is 0 Å². The van der Waals surface area contributed by atoms with E-state index >= 15 is 0 Å². The maximum atomic E-state index is 11.5. The van der Waals surface area contributed by atoms with E-state index in [1.807, 2.05) is 37.3 Å². The highest BCUT2D eigenvalue weighted by molar-refractivity contribution is 5.85. The number of ketones is 1. The van der Waals surface area contributed by atoms with Crippen LogP contribution in [-0.2, 0) is 9.53 Å². The highest BCUT2D eigenvalue weighted by atomic mass is 16.5. The van der Waals surface area contributed by atoms with Crippen molar-refractivity contribution in [2.24, 2.45) is 0 Å². The topological polar surface area (TPSA) is 26.3 Å². The van der Waals surface area contributed by atoms with E-state index in [1.54, 1.807) is 0 Å². The van der Waals surface area contributed by atoms with Gasteiger partial charge in [-0.1, -0.05) is 37.3 Å². The van der Waals surface area contributed by atoms with Crippen LogP contribution >= 0.6 is 0 Å².